The highest BCUT2D eigenvalue weighted by atomic mass is 32.2. The van der Waals surface area contributed by atoms with E-state index in [9.17, 15) is 19.7 Å². The highest BCUT2D eigenvalue weighted by Gasteiger charge is 2.45. The minimum Gasteiger partial charge on any atom is -0.312 e. The standard InChI is InChI=1S/C30H23N3O4S/c1-20-12-14-21(15-13-20)26-28(27(34)22-8-4-2-5-9-22)38-30(32(26)24-10-6-3-7-11-24)31-29(35)23-16-18-25(19-17-23)33(36)37/h2-19,26,28H,1H3/t26-,28+/m0/s1. The van der Waals surface area contributed by atoms with Crippen molar-refractivity contribution in [2.75, 3.05) is 4.90 Å². The molecule has 1 aliphatic heterocycles. The molecule has 1 aliphatic rings. The predicted octanol–water partition coefficient (Wildman–Crippen LogP) is 6.65. The molecule has 188 valence electrons. The van der Waals surface area contributed by atoms with E-state index in [4.69, 9.17) is 0 Å². The third-order valence-electron chi connectivity index (χ3n) is 6.30. The Kier molecular flexibility index (Phi) is 7.15. The summed E-state index contributed by atoms with van der Waals surface area (Å²) in [6, 6.07) is 31.6. The van der Waals surface area contributed by atoms with Crippen molar-refractivity contribution < 1.29 is 14.5 Å². The zero-order chi connectivity index (χ0) is 26.6. The maximum atomic E-state index is 13.8. The summed E-state index contributed by atoms with van der Waals surface area (Å²) in [4.78, 5) is 43.9. The number of non-ortho nitro benzene ring substituents is 1. The van der Waals surface area contributed by atoms with Crippen LogP contribution in [-0.4, -0.2) is 27.0 Å². The lowest BCUT2D eigenvalue weighted by Gasteiger charge is -2.28. The Balaban J connectivity index is 1.62. The molecule has 1 fully saturated rings. The van der Waals surface area contributed by atoms with Gasteiger partial charge in [-0.2, -0.15) is 4.99 Å². The Morgan fingerprint density at radius 3 is 2.03 bits per heavy atom. The summed E-state index contributed by atoms with van der Waals surface area (Å²) in [5.41, 5.74) is 3.51. The second kappa shape index (κ2) is 10.8. The first-order valence-corrected chi connectivity index (χ1v) is 12.8. The third-order valence-corrected chi connectivity index (χ3v) is 7.52. The van der Waals surface area contributed by atoms with Gasteiger partial charge < -0.3 is 4.90 Å². The molecule has 1 heterocycles. The van der Waals surface area contributed by atoms with Crippen molar-refractivity contribution in [1.82, 2.24) is 0 Å². The van der Waals surface area contributed by atoms with Crippen molar-refractivity contribution in [3.8, 4) is 0 Å². The van der Waals surface area contributed by atoms with Gasteiger partial charge in [-0.3, -0.25) is 19.7 Å². The number of amidine groups is 1. The van der Waals surface area contributed by atoms with Gasteiger partial charge in [0.2, 0.25) is 0 Å². The van der Waals surface area contributed by atoms with Gasteiger partial charge in [-0.05, 0) is 36.8 Å². The summed E-state index contributed by atoms with van der Waals surface area (Å²) in [6.07, 6.45) is 0. The number of Topliss-reactive ketones (excluding diaryl/α,β-unsaturated/α-hetero) is 1. The quantitative estimate of drug-likeness (QED) is 0.160. The highest BCUT2D eigenvalue weighted by molar-refractivity contribution is 8.15. The average molecular weight is 522 g/mol. The van der Waals surface area contributed by atoms with Crippen molar-refractivity contribution in [3.63, 3.8) is 0 Å². The maximum absolute atomic E-state index is 13.8. The van der Waals surface area contributed by atoms with Gasteiger partial charge in [-0.25, -0.2) is 0 Å². The molecule has 1 saturated heterocycles. The van der Waals surface area contributed by atoms with E-state index < -0.39 is 22.1 Å². The van der Waals surface area contributed by atoms with Crippen molar-refractivity contribution in [3.05, 3.63) is 142 Å². The Bertz CT molecular complexity index is 1510. The van der Waals surface area contributed by atoms with Crippen LogP contribution in [0.3, 0.4) is 0 Å². The zero-order valence-corrected chi connectivity index (χ0v) is 21.2. The molecule has 2 atom stereocenters. The normalized spacial score (nSPS) is 17.9. The van der Waals surface area contributed by atoms with Crippen LogP contribution >= 0.6 is 11.8 Å². The van der Waals surface area contributed by atoms with Crippen LogP contribution in [0.15, 0.2) is 114 Å². The molecule has 0 spiro atoms. The molecule has 0 radical (unpaired) electrons. The summed E-state index contributed by atoms with van der Waals surface area (Å²) < 4.78 is 0. The molecule has 0 unspecified atom stereocenters. The van der Waals surface area contributed by atoms with Crippen molar-refractivity contribution in [2.24, 2.45) is 4.99 Å². The van der Waals surface area contributed by atoms with Gasteiger partial charge in [0.25, 0.3) is 11.6 Å². The average Bonchev–Trinajstić information content (AvgIpc) is 3.32. The van der Waals surface area contributed by atoms with Gasteiger partial charge in [0, 0.05) is 28.9 Å². The molecule has 0 N–H and O–H groups in total. The number of hydrogen-bond donors (Lipinski definition) is 0. The smallest absolute Gasteiger partial charge is 0.279 e. The molecule has 4 aromatic carbocycles. The number of thioether (sulfide) groups is 1. The second-order valence-electron chi connectivity index (χ2n) is 8.83. The molecule has 0 saturated carbocycles. The minimum absolute atomic E-state index is 0.0601. The van der Waals surface area contributed by atoms with Crippen molar-refractivity contribution >= 4 is 40.0 Å². The predicted molar refractivity (Wildman–Crippen MR) is 150 cm³/mol. The van der Waals surface area contributed by atoms with E-state index in [-0.39, 0.29) is 17.0 Å². The number of ketones is 1. The molecule has 38 heavy (non-hydrogen) atoms. The lowest BCUT2D eigenvalue weighted by atomic mass is 9.95. The number of aryl methyl sites for hydroxylation is 1. The molecule has 4 aromatic rings. The van der Waals surface area contributed by atoms with Crippen LogP contribution in [0.4, 0.5) is 11.4 Å². The van der Waals surface area contributed by atoms with Crippen LogP contribution in [0.5, 0.6) is 0 Å². The molecule has 7 nitrogen and oxygen atoms in total. The monoisotopic (exact) mass is 521 g/mol. The van der Waals surface area contributed by atoms with Crippen molar-refractivity contribution in [2.45, 2.75) is 18.2 Å². The summed E-state index contributed by atoms with van der Waals surface area (Å²) in [5, 5.41) is 10.8. The fourth-order valence-electron chi connectivity index (χ4n) is 4.36. The zero-order valence-electron chi connectivity index (χ0n) is 20.4. The Morgan fingerprint density at radius 1 is 0.816 bits per heavy atom. The van der Waals surface area contributed by atoms with Crippen LogP contribution in [0.1, 0.15) is 37.9 Å². The molecule has 0 aromatic heterocycles. The largest absolute Gasteiger partial charge is 0.312 e. The molecular weight excluding hydrogens is 498 g/mol. The van der Waals surface area contributed by atoms with E-state index in [2.05, 4.69) is 4.99 Å². The summed E-state index contributed by atoms with van der Waals surface area (Å²) in [5.74, 6) is -0.603. The number of aliphatic imine (C=N–C) groups is 1. The second-order valence-corrected chi connectivity index (χ2v) is 9.94. The number of rotatable bonds is 6. The van der Waals surface area contributed by atoms with Gasteiger partial charge in [0.15, 0.2) is 11.0 Å². The molecule has 5 rings (SSSR count). The van der Waals surface area contributed by atoms with Crippen LogP contribution in [0.25, 0.3) is 0 Å². The van der Waals surface area contributed by atoms with E-state index in [1.165, 1.54) is 36.0 Å². The van der Waals surface area contributed by atoms with Gasteiger partial charge in [-0.1, -0.05) is 90.1 Å². The van der Waals surface area contributed by atoms with E-state index in [0.29, 0.717) is 10.7 Å². The summed E-state index contributed by atoms with van der Waals surface area (Å²) in [7, 11) is 0. The summed E-state index contributed by atoms with van der Waals surface area (Å²) in [6.45, 7) is 2.00. The van der Waals surface area contributed by atoms with Crippen LogP contribution in [0, 0.1) is 17.0 Å². The number of carbonyl (C=O) groups excluding carboxylic acids is 2. The third kappa shape index (κ3) is 5.12. The van der Waals surface area contributed by atoms with Gasteiger partial charge in [0.1, 0.15) is 5.25 Å². The first kappa shape index (κ1) is 25.1. The number of nitrogens with zero attached hydrogens (tertiary/aromatic N) is 3. The number of hydrogen-bond acceptors (Lipinski definition) is 5. The lowest BCUT2D eigenvalue weighted by Crippen LogP contribution is -2.33. The Hall–Kier alpha value is -4.56. The first-order valence-electron chi connectivity index (χ1n) is 12.0. The molecule has 0 aliphatic carbocycles. The molecule has 8 heteroatoms. The fourth-order valence-corrected chi connectivity index (χ4v) is 5.70. The number of para-hydroxylation sites is 1. The highest BCUT2D eigenvalue weighted by Crippen LogP contribution is 2.46. The van der Waals surface area contributed by atoms with Crippen molar-refractivity contribution in [1.29, 1.82) is 0 Å². The van der Waals surface area contributed by atoms with Crippen LogP contribution < -0.4 is 4.90 Å². The topological polar surface area (TPSA) is 92.9 Å². The van der Waals surface area contributed by atoms with Gasteiger partial charge >= 0.3 is 0 Å². The maximum Gasteiger partial charge on any atom is 0.279 e. The minimum atomic E-state index is -0.566. The SMILES string of the molecule is Cc1ccc([C@H]2[C@H](C(=O)c3ccccc3)SC(=NC(=O)c3ccc([N+](=O)[O-])cc3)N2c2ccccc2)cc1. The number of nitro groups is 1. The van der Waals surface area contributed by atoms with Gasteiger partial charge in [-0.15, -0.1) is 0 Å². The van der Waals surface area contributed by atoms with Crippen LogP contribution in [0.2, 0.25) is 0 Å². The van der Waals surface area contributed by atoms with E-state index in [0.717, 1.165) is 16.8 Å². The van der Waals surface area contributed by atoms with Gasteiger partial charge in [0.05, 0.1) is 11.0 Å². The first-order chi connectivity index (χ1) is 18.4. The lowest BCUT2D eigenvalue weighted by molar-refractivity contribution is -0.384. The van der Waals surface area contributed by atoms with E-state index in [1.807, 2.05) is 84.6 Å². The number of nitro benzene ring substituents is 1. The van der Waals surface area contributed by atoms with E-state index in [1.54, 1.807) is 12.1 Å². The number of benzene rings is 4. The Morgan fingerprint density at radius 2 is 1.42 bits per heavy atom. The molecule has 0 bridgehead atoms. The van der Waals surface area contributed by atoms with E-state index >= 15 is 0 Å². The fraction of sp³-hybridized carbons (Fsp3) is 0.100. The summed E-state index contributed by atoms with van der Waals surface area (Å²) >= 11 is 1.25. The molecular formula is C30H23N3O4S. The number of anilines is 1. The molecule has 1 amide bonds. The number of amides is 1. The number of carbonyl (C=O) groups is 2. The Labute approximate surface area is 224 Å². The van der Waals surface area contributed by atoms with Crippen LogP contribution in [-0.2, 0) is 0 Å².